The largest absolute Gasteiger partial charge is 0.452 e. The van der Waals surface area contributed by atoms with Crippen LogP contribution >= 0.6 is 0 Å². The van der Waals surface area contributed by atoms with Crippen molar-refractivity contribution >= 4 is 40.8 Å². The summed E-state index contributed by atoms with van der Waals surface area (Å²) >= 11 is 0. The second-order valence-corrected chi connectivity index (χ2v) is 10.8. The molecular formula is C32H28N2O6. The number of ketones is 1. The van der Waals surface area contributed by atoms with Gasteiger partial charge in [-0.25, -0.2) is 4.79 Å². The predicted molar refractivity (Wildman–Crippen MR) is 147 cm³/mol. The zero-order chi connectivity index (χ0) is 28.0. The van der Waals surface area contributed by atoms with Crippen molar-refractivity contribution < 1.29 is 28.7 Å². The molecule has 2 bridgehead atoms. The van der Waals surface area contributed by atoms with Gasteiger partial charge in [0.1, 0.15) is 0 Å². The highest BCUT2D eigenvalue weighted by Gasteiger charge is 2.64. The Morgan fingerprint density at radius 3 is 2.35 bits per heavy atom. The van der Waals surface area contributed by atoms with Crippen LogP contribution in [0.2, 0.25) is 0 Å². The molecule has 1 N–H and O–H groups in total. The quantitative estimate of drug-likeness (QED) is 0.268. The number of nitrogens with zero attached hydrogens (tertiary/aromatic N) is 1. The van der Waals surface area contributed by atoms with Gasteiger partial charge in [-0.2, -0.15) is 0 Å². The van der Waals surface area contributed by atoms with Gasteiger partial charge in [0.05, 0.1) is 23.1 Å². The summed E-state index contributed by atoms with van der Waals surface area (Å²) in [6.45, 7) is 0.890. The maximum Gasteiger partial charge on any atom is 0.338 e. The van der Waals surface area contributed by atoms with Crippen LogP contribution in [0.25, 0.3) is 0 Å². The number of benzene rings is 3. The number of ether oxygens (including phenoxy) is 1. The number of hydrogen-bond donors (Lipinski definition) is 1. The maximum absolute atomic E-state index is 13.6. The van der Waals surface area contributed by atoms with Crippen molar-refractivity contribution in [2.75, 3.05) is 16.8 Å². The number of rotatable bonds is 7. The number of carbonyl (C=O) groups excluding carboxylic acids is 5. The lowest BCUT2D eigenvalue weighted by Crippen LogP contribution is -2.33. The molecule has 8 heteroatoms. The fourth-order valence-corrected chi connectivity index (χ4v) is 6.80. The highest BCUT2D eigenvalue weighted by atomic mass is 16.5. The van der Waals surface area contributed by atoms with E-state index in [1.165, 1.54) is 29.5 Å². The fourth-order valence-electron chi connectivity index (χ4n) is 6.80. The van der Waals surface area contributed by atoms with Gasteiger partial charge in [0.15, 0.2) is 12.4 Å². The smallest absolute Gasteiger partial charge is 0.338 e. The molecule has 5 atom stereocenters. The van der Waals surface area contributed by atoms with Crippen molar-refractivity contribution in [2.24, 2.45) is 23.7 Å². The van der Waals surface area contributed by atoms with Crippen molar-refractivity contribution in [3.05, 3.63) is 95.6 Å². The summed E-state index contributed by atoms with van der Waals surface area (Å²) in [5, 5.41) is 2.60. The third-order valence-electron chi connectivity index (χ3n) is 8.47. The summed E-state index contributed by atoms with van der Waals surface area (Å²) in [6, 6.07) is 22.8. The van der Waals surface area contributed by atoms with Crippen LogP contribution in [-0.2, 0) is 19.1 Å². The van der Waals surface area contributed by atoms with Crippen LogP contribution in [0.5, 0.6) is 0 Å². The Balaban J connectivity index is 1.13. The van der Waals surface area contributed by atoms with Gasteiger partial charge in [-0.05, 0) is 73.4 Å². The van der Waals surface area contributed by atoms with Crippen LogP contribution in [0.15, 0.2) is 78.9 Å². The first-order valence-electron chi connectivity index (χ1n) is 13.4. The number of hydrogen-bond acceptors (Lipinski definition) is 6. The van der Waals surface area contributed by atoms with Crippen molar-refractivity contribution in [2.45, 2.75) is 25.7 Å². The molecule has 0 unspecified atom stereocenters. The molecule has 0 spiro atoms. The van der Waals surface area contributed by atoms with E-state index in [1.807, 2.05) is 18.2 Å². The molecule has 2 aliphatic carbocycles. The summed E-state index contributed by atoms with van der Waals surface area (Å²) in [4.78, 5) is 65.0. The molecule has 8 nitrogen and oxygen atoms in total. The molecule has 40 heavy (non-hydrogen) atoms. The Bertz CT molecular complexity index is 1530. The molecule has 0 aromatic heterocycles. The van der Waals surface area contributed by atoms with Crippen molar-refractivity contribution in [1.82, 2.24) is 0 Å². The second kappa shape index (κ2) is 10.2. The number of anilines is 2. The number of fused-ring (bicyclic) bond motifs is 5. The monoisotopic (exact) mass is 536 g/mol. The lowest BCUT2D eigenvalue weighted by atomic mass is 9.73. The number of esters is 1. The van der Waals surface area contributed by atoms with E-state index in [0.717, 1.165) is 12.8 Å². The Hall–Kier alpha value is -4.59. The van der Waals surface area contributed by atoms with Crippen molar-refractivity contribution in [1.29, 1.82) is 0 Å². The molecule has 3 amide bonds. The van der Waals surface area contributed by atoms with Gasteiger partial charge in [-0.15, -0.1) is 0 Å². The second-order valence-electron chi connectivity index (χ2n) is 10.8. The minimum Gasteiger partial charge on any atom is -0.452 e. The average molecular weight is 537 g/mol. The number of Topliss-reactive ketones (excluding diaryl/α,β-unsaturated/α-hetero) is 1. The zero-order valence-electron chi connectivity index (χ0n) is 21.9. The van der Waals surface area contributed by atoms with E-state index >= 15 is 0 Å². The van der Waals surface area contributed by atoms with Crippen molar-refractivity contribution in [3.63, 3.8) is 0 Å². The highest BCUT2D eigenvalue weighted by molar-refractivity contribution is 6.23. The maximum atomic E-state index is 13.6. The van der Waals surface area contributed by atoms with Crippen LogP contribution < -0.4 is 10.2 Å². The lowest BCUT2D eigenvalue weighted by molar-refractivity contribution is -0.123. The third kappa shape index (κ3) is 4.49. The minimum absolute atomic E-state index is 0.127. The number of amides is 3. The van der Waals surface area contributed by atoms with Crippen molar-refractivity contribution in [3.8, 4) is 0 Å². The minimum atomic E-state index is -0.752. The van der Waals surface area contributed by atoms with E-state index in [4.69, 9.17) is 4.74 Å². The van der Waals surface area contributed by atoms with Crippen LogP contribution in [-0.4, -0.2) is 36.1 Å². The molecule has 3 aliphatic rings. The first kappa shape index (κ1) is 25.7. The third-order valence-corrected chi connectivity index (χ3v) is 8.47. The molecule has 3 fully saturated rings. The number of nitrogens with one attached hydrogen (secondary N) is 1. The first-order valence-corrected chi connectivity index (χ1v) is 13.4. The summed E-state index contributed by atoms with van der Waals surface area (Å²) in [7, 11) is 0. The molecule has 1 aliphatic heterocycles. The summed E-state index contributed by atoms with van der Waals surface area (Å²) in [5.41, 5.74) is 2.54. The molecular weight excluding hydrogens is 508 g/mol. The molecule has 1 heterocycles. The molecule has 1 saturated heterocycles. The Kier molecular flexibility index (Phi) is 6.54. The van der Waals surface area contributed by atoms with E-state index in [9.17, 15) is 24.0 Å². The average Bonchev–Trinajstić information content (AvgIpc) is 3.63. The molecule has 2 saturated carbocycles. The normalized spacial score (nSPS) is 24.6. The Morgan fingerprint density at radius 1 is 0.850 bits per heavy atom. The fraction of sp³-hybridized carbons (Fsp3) is 0.281. The first-order chi connectivity index (χ1) is 19.3. The summed E-state index contributed by atoms with van der Waals surface area (Å²) in [6.07, 6.45) is 1.78. The van der Waals surface area contributed by atoms with Gasteiger partial charge >= 0.3 is 5.97 Å². The topological polar surface area (TPSA) is 110 Å². The van der Waals surface area contributed by atoms with E-state index in [0.29, 0.717) is 16.9 Å². The SMILES string of the molecule is CC(=O)c1cccc(NC(=O)COC(=O)c2cccc(N3C(=O)[C@@H]4[C@@H]5C[C@@H]([C@@H]4C3=O)[C@@H](c3ccccc3)C5)c2)c1. The van der Waals surface area contributed by atoms with Gasteiger partial charge in [0, 0.05) is 11.3 Å². The van der Waals surface area contributed by atoms with E-state index < -0.39 is 18.5 Å². The molecule has 3 aromatic rings. The van der Waals surface area contributed by atoms with E-state index in [1.54, 1.807) is 36.4 Å². The van der Waals surface area contributed by atoms with Crippen LogP contribution in [0, 0.1) is 23.7 Å². The van der Waals surface area contributed by atoms with Gasteiger partial charge in [-0.3, -0.25) is 24.1 Å². The van der Waals surface area contributed by atoms with Gasteiger partial charge in [0.25, 0.3) is 5.91 Å². The zero-order valence-corrected chi connectivity index (χ0v) is 21.9. The number of imide groups is 1. The van der Waals surface area contributed by atoms with E-state index in [-0.39, 0.29) is 52.8 Å². The Labute approximate surface area is 231 Å². The lowest BCUT2D eigenvalue weighted by Gasteiger charge is -2.28. The molecule has 0 radical (unpaired) electrons. The van der Waals surface area contributed by atoms with Crippen LogP contribution in [0.1, 0.15) is 52.0 Å². The van der Waals surface area contributed by atoms with Crippen LogP contribution in [0.3, 0.4) is 0 Å². The summed E-state index contributed by atoms with van der Waals surface area (Å²) < 4.78 is 5.19. The summed E-state index contributed by atoms with van der Waals surface area (Å²) in [5.74, 6) is -1.97. The molecule has 202 valence electrons. The van der Waals surface area contributed by atoms with Gasteiger partial charge < -0.3 is 10.1 Å². The molecule has 3 aromatic carbocycles. The highest BCUT2D eigenvalue weighted by Crippen LogP contribution is 2.61. The predicted octanol–water partition coefficient (Wildman–Crippen LogP) is 4.61. The van der Waals surface area contributed by atoms with Crippen LogP contribution in [0.4, 0.5) is 11.4 Å². The number of carbonyl (C=O) groups is 5. The van der Waals surface area contributed by atoms with Gasteiger partial charge in [-0.1, -0.05) is 48.5 Å². The Morgan fingerprint density at radius 2 is 1.57 bits per heavy atom. The standard InChI is InChI=1S/C32H28N2O6/c1-18(35)20-9-5-11-23(13-20)33-27(36)17-40-32(39)21-10-6-12-24(14-21)34-30(37)28-22-15-25(19-7-3-2-4-8-19)26(16-22)29(28)31(34)38/h2-14,22,25-26,28-29H,15-17H2,1H3,(H,33,36)/t22-,25+,26+,28+,29-/m0/s1. The van der Waals surface area contributed by atoms with Gasteiger partial charge in [0.2, 0.25) is 11.8 Å². The van der Waals surface area contributed by atoms with E-state index in [2.05, 4.69) is 17.4 Å². The molecule has 6 rings (SSSR count).